The number of aryl methyl sites for hydroxylation is 1. The van der Waals surface area contributed by atoms with E-state index in [9.17, 15) is 0 Å². The van der Waals surface area contributed by atoms with Gasteiger partial charge in [-0.2, -0.15) is 20.1 Å². The molecule has 0 aliphatic carbocycles. The molecule has 0 saturated carbocycles. The highest BCUT2D eigenvalue weighted by molar-refractivity contribution is 7.80. The SMILES string of the molecule is COc1ccc(C2NC(=S)Nc3c2c(C)nn3-c2ccc(Nc3nc(N4CCCCC4)nc(N4CCCCC4)n3)cc2)cc1. The fraction of sp³-hybridized carbons (Fsp3) is 0.406. The molecule has 44 heavy (non-hydrogen) atoms. The van der Waals surface area contributed by atoms with Gasteiger partial charge in [0.15, 0.2) is 5.11 Å². The van der Waals surface area contributed by atoms with Crippen LogP contribution in [0.15, 0.2) is 48.5 Å². The van der Waals surface area contributed by atoms with Crippen molar-refractivity contribution in [3.63, 3.8) is 0 Å². The Morgan fingerprint density at radius 1 is 0.818 bits per heavy atom. The number of hydrogen-bond donors (Lipinski definition) is 3. The molecular weight excluding hydrogens is 572 g/mol. The second-order valence-electron chi connectivity index (χ2n) is 11.6. The van der Waals surface area contributed by atoms with Crippen LogP contribution in [-0.2, 0) is 0 Å². The number of methoxy groups -OCH3 is 1. The summed E-state index contributed by atoms with van der Waals surface area (Å²) in [4.78, 5) is 19.2. The van der Waals surface area contributed by atoms with E-state index in [0.717, 1.165) is 77.8 Å². The molecule has 0 radical (unpaired) electrons. The number of benzene rings is 2. The number of ether oxygens (including phenoxy) is 1. The Kier molecular flexibility index (Phi) is 7.90. The van der Waals surface area contributed by atoms with Crippen LogP contribution in [0.3, 0.4) is 0 Å². The normalized spacial score (nSPS) is 18.3. The molecule has 7 rings (SSSR count). The monoisotopic (exact) mass is 610 g/mol. The highest BCUT2D eigenvalue weighted by Gasteiger charge is 2.31. The van der Waals surface area contributed by atoms with E-state index in [1.54, 1.807) is 7.11 Å². The van der Waals surface area contributed by atoms with Gasteiger partial charge in [0.2, 0.25) is 17.8 Å². The van der Waals surface area contributed by atoms with Gasteiger partial charge in [0, 0.05) is 37.4 Å². The zero-order valence-electron chi connectivity index (χ0n) is 25.2. The van der Waals surface area contributed by atoms with Gasteiger partial charge < -0.3 is 30.5 Å². The van der Waals surface area contributed by atoms with Crippen LogP contribution in [0.5, 0.6) is 5.75 Å². The molecule has 228 valence electrons. The van der Waals surface area contributed by atoms with E-state index in [-0.39, 0.29) is 6.04 Å². The number of piperidine rings is 2. The lowest BCUT2D eigenvalue weighted by atomic mass is 9.97. The second kappa shape index (κ2) is 12.3. The Labute approximate surface area is 263 Å². The maximum atomic E-state index is 5.61. The minimum Gasteiger partial charge on any atom is -0.497 e. The number of nitrogens with zero attached hydrogens (tertiary/aromatic N) is 7. The van der Waals surface area contributed by atoms with Gasteiger partial charge in [0.1, 0.15) is 11.6 Å². The molecule has 0 spiro atoms. The molecule has 2 aromatic carbocycles. The first-order valence-corrected chi connectivity index (χ1v) is 15.9. The van der Waals surface area contributed by atoms with Gasteiger partial charge in [0.05, 0.1) is 24.5 Å². The number of fused-ring (bicyclic) bond motifs is 1. The molecule has 2 fully saturated rings. The topological polar surface area (TPSA) is 108 Å². The predicted molar refractivity (Wildman–Crippen MR) is 178 cm³/mol. The standard InChI is InChI=1S/C32H38N10OS/c1-21-26-27(22-9-15-25(43-2)16-10-22)34-32(44)35-28(26)42(39-21)24-13-11-23(12-14-24)33-29-36-30(40-17-5-3-6-18-40)38-31(37-29)41-19-7-4-8-20-41/h9-16,27H,3-8,17-20H2,1-2H3,(H2,34,35,44)(H,33,36,37,38). The van der Waals surface area contributed by atoms with Gasteiger partial charge in [-0.3, -0.25) is 0 Å². The largest absolute Gasteiger partial charge is 0.497 e. The Morgan fingerprint density at radius 3 is 2.02 bits per heavy atom. The summed E-state index contributed by atoms with van der Waals surface area (Å²) in [6.45, 7) is 5.96. The van der Waals surface area contributed by atoms with Crippen molar-refractivity contribution in [2.45, 2.75) is 51.5 Å². The van der Waals surface area contributed by atoms with Gasteiger partial charge in [-0.05, 0) is 99.6 Å². The zero-order valence-corrected chi connectivity index (χ0v) is 26.0. The Balaban J connectivity index is 1.16. The summed E-state index contributed by atoms with van der Waals surface area (Å²) in [7, 11) is 1.67. The van der Waals surface area contributed by atoms with Crippen molar-refractivity contribution < 1.29 is 4.74 Å². The third-order valence-corrected chi connectivity index (χ3v) is 8.83. The fourth-order valence-electron chi connectivity index (χ4n) is 6.28. The van der Waals surface area contributed by atoms with E-state index in [1.165, 1.54) is 38.5 Å². The summed E-state index contributed by atoms with van der Waals surface area (Å²) >= 11 is 5.61. The average Bonchev–Trinajstić information content (AvgIpc) is 3.41. The summed E-state index contributed by atoms with van der Waals surface area (Å²) in [5, 5.41) is 15.7. The predicted octanol–water partition coefficient (Wildman–Crippen LogP) is 5.49. The van der Waals surface area contributed by atoms with E-state index < -0.39 is 0 Å². The lowest BCUT2D eigenvalue weighted by molar-refractivity contribution is 0.414. The van der Waals surface area contributed by atoms with Crippen LogP contribution in [0, 0.1) is 6.92 Å². The van der Waals surface area contributed by atoms with Crippen LogP contribution in [0.2, 0.25) is 0 Å². The summed E-state index contributed by atoms with van der Waals surface area (Å²) < 4.78 is 7.27. The lowest BCUT2D eigenvalue weighted by Crippen LogP contribution is -2.38. The summed E-state index contributed by atoms with van der Waals surface area (Å²) in [5.41, 5.74) is 4.89. The first-order chi connectivity index (χ1) is 21.6. The Morgan fingerprint density at radius 2 is 1.43 bits per heavy atom. The number of hydrogen-bond acceptors (Lipinski definition) is 9. The minimum absolute atomic E-state index is 0.119. The van der Waals surface area contributed by atoms with Crippen molar-refractivity contribution in [3.8, 4) is 11.4 Å². The van der Waals surface area contributed by atoms with Gasteiger partial charge in [-0.15, -0.1) is 0 Å². The highest BCUT2D eigenvalue weighted by atomic mass is 32.1. The first-order valence-electron chi connectivity index (χ1n) is 15.5. The molecule has 1 unspecified atom stereocenters. The van der Waals surface area contributed by atoms with Crippen LogP contribution >= 0.6 is 12.2 Å². The molecule has 11 nitrogen and oxygen atoms in total. The van der Waals surface area contributed by atoms with Crippen molar-refractivity contribution in [2.24, 2.45) is 0 Å². The van der Waals surface area contributed by atoms with Gasteiger partial charge >= 0.3 is 0 Å². The summed E-state index contributed by atoms with van der Waals surface area (Å²) in [6.07, 6.45) is 7.20. The maximum Gasteiger partial charge on any atom is 0.233 e. The van der Waals surface area contributed by atoms with E-state index >= 15 is 0 Å². The van der Waals surface area contributed by atoms with Gasteiger partial charge in [-0.25, -0.2) is 4.68 Å². The molecule has 3 N–H and O–H groups in total. The molecule has 0 bridgehead atoms. The number of aromatic nitrogens is 5. The molecule has 0 amide bonds. The quantitative estimate of drug-likeness (QED) is 0.231. The number of anilines is 5. The molecule has 2 saturated heterocycles. The number of thiocarbonyl (C=S) groups is 1. The number of nitrogens with one attached hydrogen (secondary N) is 3. The zero-order chi connectivity index (χ0) is 30.0. The second-order valence-corrected chi connectivity index (χ2v) is 12.0. The Hall–Kier alpha value is -4.45. The molecule has 1 atom stereocenters. The molecule has 4 aromatic rings. The van der Waals surface area contributed by atoms with Crippen LogP contribution in [0.1, 0.15) is 61.4 Å². The van der Waals surface area contributed by atoms with E-state index in [0.29, 0.717) is 11.1 Å². The molecular formula is C32H38N10OS. The molecule has 3 aliphatic heterocycles. The van der Waals surface area contributed by atoms with Crippen molar-refractivity contribution in [1.82, 2.24) is 30.0 Å². The van der Waals surface area contributed by atoms with Crippen molar-refractivity contribution in [3.05, 3.63) is 65.4 Å². The van der Waals surface area contributed by atoms with Crippen LogP contribution < -0.4 is 30.5 Å². The third-order valence-electron chi connectivity index (χ3n) is 8.61. The van der Waals surface area contributed by atoms with Crippen LogP contribution in [-0.4, -0.2) is 63.1 Å². The minimum atomic E-state index is -0.119. The molecule has 2 aromatic heterocycles. The van der Waals surface area contributed by atoms with Crippen molar-refractivity contribution in [2.75, 3.05) is 53.7 Å². The molecule has 3 aliphatic rings. The van der Waals surface area contributed by atoms with E-state index in [1.807, 2.05) is 48.0 Å². The third kappa shape index (κ3) is 5.73. The van der Waals surface area contributed by atoms with E-state index in [4.69, 9.17) is 37.0 Å². The smallest absolute Gasteiger partial charge is 0.233 e. The molecule has 12 heteroatoms. The van der Waals surface area contributed by atoms with Gasteiger partial charge in [-0.1, -0.05) is 12.1 Å². The lowest BCUT2D eigenvalue weighted by Gasteiger charge is -2.30. The van der Waals surface area contributed by atoms with Crippen molar-refractivity contribution >= 4 is 46.7 Å². The first kappa shape index (κ1) is 28.3. The van der Waals surface area contributed by atoms with E-state index in [2.05, 4.69) is 37.9 Å². The average molecular weight is 611 g/mol. The van der Waals surface area contributed by atoms with Crippen LogP contribution in [0.4, 0.5) is 29.4 Å². The Bertz CT molecular complexity index is 1590. The number of rotatable bonds is 7. The van der Waals surface area contributed by atoms with Crippen molar-refractivity contribution in [1.29, 1.82) is 0 Å². The highest BCUT2D eigenvalue weighted by Crippen LogP contribution is 2.36. The maximum absolute atomic E-state index is 5.61. The fourth-order valence-corrected chi connectivity index (χ4v) is 6.50. The van der Waals surface area contributed by atoms with Gasteiger partial charge in [0.25, 0.3) is 0 Å². The van der Waals surface area contributed by atoms with Crippen LogP contribution in [0.25, 0.3) is 5.69 Å². The summed E-state index contributed by atoms with van der Waals surface area (Å²) in [5.74, 6) is 3.78. The summed E-state index contributed by atoms with van der Waals surface area (Å²) in [6, 6.07) is 16.1. The molecule has 5 heterocycles.